The van der Waals surface area contributed by atoms with E-state index >= 15 is 0 Å². The molecule has 27 heavy (non-hydrogen) atoms. The van der Waals surface area contributed by atoms with Gasteiger partial charge >= 0.3 is 0 Å². The lowest BCUT2D eigenvalue weighted by Gasteiger charge is -2.13. The highest BCUT2D eigenvalue weighted by atomic mass is 32.2. The van der Waals surface area contributed by atoms with E-state index in [0.29, 0.717) is 0 Å². The van der Waals surface area contributed by atoms with E-state index in [1.165, 1.54) is 10.9 Å². The maximum Gasteiger partial charge on any atom is 0.280 e. The van der Waals surface area contributed by atoms with Crippen molar-refractivity contribution < 1.29 is 23.5 Å². The number of nitrogens with one attached hydrogen (secondary N) is 2. The van der Waals surface area contributed by atoms with Gasteiger partial charge in [0, 0.05) is 13.7 Å². The smallest absolute Gasteiger partial charge is 0.280 e. The van der Waals surface area contributed by atoms with Crippen LogP contribution in [0.4, 0.5) is 5.95 Å². The zero-order valence-electron chi connectivity index (χ0n) is 16.0. The van der Waals surface area contributed by atoms with E-state index < -0.39 is 34.1 Å². The van der Waals surface area contributed by atoms with E-state index in [4.69, 9.17) is 10.3 Å². The lowest BCUT2D eigenvalue weighted by atomic mass is 10.2. The van der Waals surface area contributed by atoms with Crippen molar-refractivity contribution >= 4 is 33.1 Å². The van der Waals surface area contributed by atoms with Crippen LogP contribution in [0.3, 0.4) is 0 Å². The van der Waals surface area contributed by atoms with E-state index in [1.54, 1.807) is 13.8 Å². The number of aromatic nitrogens is 4. The number of imidazole rings is 1. The highest BCUT2D eigenvalue weighted by Crippen LogP contribution is 2.32. The number of rotatable bonds is 5. The van der Waals surface area contributed by atoms with Gasteiger partial charge in [-0.3, -0.25) is 28.6 Å². The lowest BCUT2D eigenvalue weighted by Crippen LogP contribution is -2.24. The molecule has 0 aromatic carbocycles. The number of amides is 1. The highest BCUT2D eigenvalue weighted by molar-refractivity contribution is 7.86. The van der Waals surface area contributed by atoms with Gasteiger partial charge in [-0.05, 0) is 6.90 Å². The van der Waals surface area contributed by atoms with E-state index in [2.05, 4.69) is 20.3 Å². The fraction of sp³-hybridized carbons (Fsp3) is 0.600. The van der Waals surface area contributed by atoms with Gasteiger partial charge in [0.25, 0.3) is 15.7 Å². The fourth-order valence-corrected chi connectivity index (χ4v) is 3.31. The standard InChI is InChI=1S/C15H21N5O6S/c1-7(2)13(21)18-15-17-12-11(14(22)19-15)16-6-20(12)10-5-9(8(3)25-10)26-27(4,23)24/h6-10H,5H2,1-4H3,(H2,17,18,19,21,22)/t8-,9+,10?/m1/s1/i3D. The van der Waals surface area contributed by atoms with Gasteiger partial charge in [-0.2, -0.15) is 13.4 Å². The quantitative estimate of drug-likeness (QED) is 0.685. The van der Waals surface area contributed by atoms with Crippen LogP contribution in [0.1, 0.15) is 34.8 Å². The van der Waals surface area contributed by atoms with Gasteiger partial charge in [-0.1, -0.05) is 13.8 Å². The van der Waals surface area contributed by atoms with Crippen LogP contribution in [0.15, 0.2) is 11.1 Å². The van der Waals surface area contributed by atoms with Crippen molar-refractivity contribution in [3.05, 3.63) is 16.7 Å². The zero-order chi connectivity index (χ0) is 20.6. The summed E-state index contributed by atoms with van der Waals surface area (Å²) in [6.45, 7) is 3.20. The summed E-state index contributed by atoms with van der Waals surface area (Å²) in [5.41, 5.74) is -0.334. The molecule has 1 fully saturated rings. The van der Waals surface area contributed by atoms with Crippen LogP contribution in [0.2, 0.25) is 0 Å². The van der Waals surface area contributed by atoms with Gasteiger partial charge in [0.15, 0.2) is 11.2 Å². The summed E-state index contributed by atoms with van der Waals surface area (Å²) in [6, 6.07) is 0. The number of H-pyrrole nitrogens is 1. The molecule has 148 valence electrons. The van der Waals surface area contributed by atoms with Crippen LogP contribution in [0.5, 0.6) is 0 Å². The number of anilines is 1. The van der Waals surface area contributed by atoms with Crippen LogP contribution < -0.4 is 10.9 Å². The first-order chi connectivity index (χ1) is 13.1. The average Bonchev–Trinajstić information content (AvgIpc) is 3.17. The minimum atomic E-state index is -3.73. The molecular weight excluding hydrogens is 378 g/mol. The molecule has 0 spiro atoms. The molecule has 1 aliphatic rings. The summed E-state index contributed by atoms with van der Waals surface area (Å²) < 4.78 is 42.7. The normalized spacial score (nSPS) is 23.7. The molecule has 0 bridgehead atoms. The largest absolute Gasteiger partial charge is 0.352 e. The molecule has 11 nitrogen and oxygen atoms in total. The Morgan fingerprint density at radius 1 is 1.56 bits per heavy atom. The molecule has 3 heterocycles. The molecule has 0 saturated carbocycles. The van der Waals surface area contributed by atoms with Gasteiger partial charge in [-0.15, -0.1) is 0 Å². The van der Waals surface area contributed by atoms with Crippen molar-refractivity contribution in [3.63, 3.8) is 0 Å². The van der Waals surface area contributed by atoms with Gasteiger partial charge in [0.2, 0.25) is 11.9 Å². The summed E-state index contributed by atoms with van der Waals surface area (Å²) in [6.07, 6.45) is 0.0738. The predicted molar refractivity (Wildman–Crippen MR) is 95.5 cm³/mol. The van der Waals surface area contributed by atoms with E-state index in [9.17, 15) is 18.0 Å². The van der Waals surface area contributed by atoms with Gasteiger partial charge < -0.3 is 4.74 Å². The van der Waals surface area contributed by atoms with Crippen molar-refractivity contribution in [2.45, 2.75) is 45.6 Å². The summed E-state index contributed by atoms with van der Waals surface area (Å²) >= 11 is 0. The number of hydrogen-bond acceptors (Lipinski definition) is 8. The maximum absolute atomic E-state index is 12.3. The molecule has 2 aromatic rings. The van der Waals surface area contributed by atoms with E-state index in [-0.39, 0.29) is 42.3 Å². The summed E-state index contributed by atoms with van der Waals surface area (Å²) in [7, 11) is -3.73. The van der Waals surface area contributed by atoms with E-state index in [0.717, 1.165) is 6.26 Å². The Labute approximate surface area is 156 Å². The SMILES string of the molecule is [2H]C[C@H]1OC(n2cnc3c(=O)[nH]c(NC(=O)C(C)C)nc32)C[C@@H]1OS(C)(=O)=O. The number of carbonyl (C=O) groups excluding carboxylic acids is 1. The average molecular weight is 400 g/mol. The number of nitrogens with zero attached hydrogens (tertiary/aromatic N) is 3. The number of fused-ring (bicyclic) bond motifs is 1. The molecule has 2 N–H and O–H groups in total. The third-order valence-corrected chi connectivity index (χ3v) is 4.58. The first-order valence-electron chi connectivity index (χ1n) is 8.90. The Kier molecular flexibility index (Phi) is 4.70. The molecule has 0 radical (unpaired) electrons. The van der Waals surface area contributed by atoms with Crippen molar-refractivity contribution in [2.24, 2.45) is 5.92 Å². The minimum Gasteiger partial charge on any atom is -0.352 e. The second-order valence-electron chi connectivity index (χ2n) is 6.59. The van der Waals surface area contributed by atoms with Crippen molar-refractivity contribution in [2.75, 3.05) is 11.6 Å². The molecule has 0 aliphatic carbocycles. The maximum atomic E-state index is 12.3. The molecule has 1 saturated heterocycles. The predicted octanol–water partition coefficient (Wildman–Crippen LogP) is 0.366. The van der Waals surface area contributed by atoms with Crippen LogP contribution in [0.25, 0.3) is 11.2 Å². The third-order valence-electron chi connectivity index (χ3n) is 3.99. The monoisotopic (exact) mass is 400 g/mol. The second-order valence-corrected chi connectivity index (χ2v) is 8.19. The van der Waals surface area contributed by atoms with Crippen LogP contribution in [-0.2, 0) is 23.8 Å². The molecule has 12 heteroatoms. The third kappa shape index (κ3) is 4.17. The Hall–Kier alpha value is -2.31. The Morgan fingerprint density at radius 3 is 2.93 bits per heavy atom. The Balaban J connectivity index is 1.94. The van der Waals surface area contributed by atoms with Crippen LogP contribution in [-0.4, -0.2) is 52.3 Å². The first-order valence-corrected chi connectivity index (χ1v) is 10.0. The Morgan fingerprint density at radius 2 is 2.30 bits per heavy atom. The molecule has 1 amide bonds. The molecule has 2 aromatic heterocycles. The van der Waals surface area contributed by atoms with E-state index in [1.807, 2.05) is 0 Å². The number of carbonyl (C=O) groups is 1. The minimum absolute atomic E-state index is 0.0306. The summed E-state index contributed by atoms with van der Waals surface area (Å²) in [4.78, 5) is 34.9. The fourth-order valence-electron chi connectivity index (χ4n) is 2.66. The molecular formula is C15H21N5O6S. The molecule has 1 unspecified atom stereocenters. The van der Waals surface area contributed by atoms with Gasteiger partial charge in [0.1, 0.15) is 12.3 Å². The number of hydrogen-bond donors (Lipinski definition) is 2. The lowest BCUT2D eigenvalue weighted by molar-refractivity contribution is -0.118. The van der Waals surface area contributed by atoms with Crippen LogP contribution >= 0.6 is 0 Å². The zero-order valence-corrected chi connectivity index (χ0v) is 15.8. The second kappa shape index (κ2) is 7.02. The molecule has 3 atom stereocenters. The molecule has 3 rings (SSSR count). The number of aromatic amines is 1. The highest BCUT2D eigenvalue weighted by Gasteiger charge is 2.37. The Bertz CT molecular complexity index is 1050. The van der Waals surface area contributed by atoms with Crippen molar-refractivity contribution in [1.29, 1.82) is 0 Å². The first kappa shape index (κ1) is 18.1. The summed E-state index contributed by atoms with van der Waals surface area (Å²) in [5.74, 6) is -0.658. The van der Waals surface area contributed by atoms with Gasteiger partial charge in [0.05, 0.1) is 18.7 Å². The van der Waals surface area contributed by atoms with Crippen LogP contribution in [0, 0.1) is 5.92 Å². The summed E-state index contributed by atoms with van der Waals surface area (Å²) in [5, 5.41) is 2.52. The van der Waals surface area contributed by atoms with Crippen molar-refractivity contribution in [1.82, 2.24) is 19.5 Å². The van der Waals surface area contributed by atoms with Gasteiger partial charge in [-0.25, -0.2) is 4.98 Å². The topological polar surface area (TPSA) is 145 Å². The molecule has 1 aliphatic heterocycles. The number of ether oxygens (including phenoxy) is 1. The van der Waals surface area contributed by atoms with Crippen molar-refractivity contribution in [3.8, 4) is 0 Å².